The van der Waals surface area contributed by atoms with Crippen LogP contribution in [-0.4, -0.2) is 69.0 Å². The lowest BCUT2D eigenvalue weighted by atomic mass is 10.1. The lowest BCUT2D eigenvalue weighted by Gasteiger charge is -2.29. The Kier molecular flexibility index (Phi) is 4.95. The van der Waals surface area contributed by atoms with Crippen LogP contribution in [0.2, 0.25) is 0 Å². The number of fused-ring (bicyclic) bond motifs is 1. The molecule has 0 aromatic heterocycles. The molecule has 0 saturated carbocycles. The molecule has 2 atom stereocenters. The molecule has 3 aliphatic heterocycles. The minimum Gasteiger partial charge on any atom is -0.486 e. The van der Waals surface area contributed by atoms with Crippen molar-refractivity contribution in [1.82, 2.24) is 4.90 Å². The minimum atomic E-state index is -3.08. The number of anilines is 1. The van der Waals surface area contributed by atoms with Crippen molar-refractivity contribution < 1.29 is 27.5 Å². The lowest BCUT2D eigenvalue weighted by Crippen LogP contribution is -2.44. The zero-order valence-corrected chi connectivity index (χ0v) is 16.6. The van der Waals surface area contributed by atoms with Gasteiger partial charge in [0.25, 0.3) is 0 Å². The average Bonchev–Trinajstić information content (AvgIpc) is 3.24. The fourth-order valence-corrected chi connectivity index (χ4v) is 5.90. The summed E-state index contributed by atoms with van der Waals surface area (Å²) in [5.74, 6) is 0.645. The van der Waals surface area contributed by atoms with Crippen LogP contribution in [0.15, 0.2) is 18.2 Å². The van der Waals surface area contributed by atoms with Crippen LogP contribution < -0.4 is 14.4 Å². The predicted molar refractivity (Wildman–Crippen MR) is 102 cm³/mol. The van der Waals surface area contributed by atoms with Gasteiger partial charge in [-0.3, -0.25) is 9.59 Å². The molecule has 3 aliphatic rings. The molecular formula is C19H24N2O6S. The molecule has 4 rings (SSSR count). The van der Waals surface area contributed by atoms with Gasteiger partial charge < -0.3 is 19.3 Å². The molecule has 28 heavy (non-hydrogen) atoms. The molecule has 3 heterocycles. The molecule has 0 N–H and O–H groups in total. The fourth-order valence-electron chi connectivity index (χ4n) is 4.17. The molecule has 0 spiro atoms. The highest BCUT2D eigenvalue weighted by atomic mass is 32.2. The summed E-state index contributed by atoms with van der Waals surface area (Å²) in [4.78, 5) is 28.8. The Hall–Kier alpha value is -2.29. The first-order valence-corrected chi connectivity index (χ1v) is 11.4. The molecule has 9 heteroatoms. The van der Waals surface area contributed by atoms with Gasteiger partial charge in [0.15, 0.2) is 21.3 Å². The summed E-state index contributed by atoms with van der Waals surface area (Å²) in [6, 6.07) is 5.04. The van der Waals surface area contributed by atoms with Crippen LogP contribution in [0.4, 0.5) is 5.69 Å². The third-order valence-corrected chi connectivity index (χ3v) is 7.33. The maximum atomic E-state index is 13.0. The standard InChI is InChI=1S/C19H24N2O6S/c1-2-20(15-5-8-28(24,25)12-15)19(23)13-9-18(22)21(11-13)14-3-4-16-17(10-14)27-7-6-26-16/h3-4,10,13,15H,2,5-9,11-12H2,1H3/t13-,15-/m0/s1. The summed E-state index contributed by atoms with van der Waals surface area (Å²) in [5, 5.41) is 0. The Bertz CT molecular complexity index is 900. The van der Waals surface area contributed by atoms with Gasteiger partial charge in [0.1, 0.15) is 13.2 Å². The van der Waals surface area contributed by atoms with Crippen molar-refractivity contribution in [3.63, 3.8) is 0 Å². The summed E-state index contributed by atoms with van der Waals surface area (Å²) in [5.41, 5.74) is 0.677. The van der Waals surface area contributed by atoms with Crippen LogP contribution in [0.1, 0.15) is 19.8 Å². The van der Waals surface area contributed by atoms with E-state index < -0.39 is 15.8 Å². The van der Waals surface area contributed by atoms with Gasteiger partial charge in [0.2, 0.25) is 11.8 Å². The summed E-state index contributed by atoms with van der Waals surface area (Å²) < 4.78 is 34.7. The van der Waals surface area contributed by atoms with E-state index in [1.54, 1.807) is 28.0 Å². The van der Waals surface area contributed by atoms with Crippen molar-refractivity contribution in [3.05, 3.63) is 18.2 Å². The van der Waals surface area contributed by atoms with Gasteiger partial charge in [-0.2, -0.15) is 0 Å². The summed E-state index contributed by atoms with van der Waals surface area (Å²) in [6.45, 7) is 3.52. The highest BCUT2D eigenvalue weighted by Gasteiger charge is 2.41. The quantitative estimate of drug-likeness (QED) is 0.733. The van der Waals surface area contributed by atoms with E-state index in [0.29, 0.717) is 43.4 Å². The van der Waals surface area contributed by atoms with Crippen LogP contribution in [0, 0.1) is 5.92 Å². The van der Waals surface area contributed by atoms with E-state index in [0.717, 1.165) is 0 Å². The maximum Gasteiger partial charge on any atom is 0.228 e. The SMILES string of the molecule is CCN(C(=O)[C@H]1CC(=O)N(c2ccc3c(c2)OCCO3)C1)[C@H]1CCS(=O)(=O)C1. The smallest absolute Gasteiger partial charge is 0.228 e. The van der Waals surface area contributed by atoms with Gasteiger partial charge in [-0.05, 0) is 25.5 Å². The number of carbonyl (C=O) groups excluding carboxylic acids is 2. The molecule has 2 saturated heterocycles. The number of hydrogen-bond donors (Lipinski definition) is 0. The van der Waals surface area contributed by atoms with Crippen LogP contribution >= 0.6 is 0 Å². The molecule has 8 nitrogen and oxygen atoms in total. The van der Waals surface area contributed by atoms with Gasteiger partial charge in [-0.1, -0.05) is 0 Å². The van der Waals surface area contributed by atoms with Gasteiger partial charge in [0.05, 0.1) is 17.4 Å². The summed E-state index contributed by atoms with van der Waals surface area (Å²) >= 11 is 0. The van der Waals surface area contributed by atoms with Crippen molar-refractivity contribution in [2.24, 2.45) is 5.92 Å². The average molecular weight is 408 g/mol. The fraction of sp³-hybridized carbons (Fsp3) is 0.579. The zero-order chi connectivity index (χ0) is 19.9. The van der Waals surface area contributed by atoms with E-state index in [2.05, 4.69) is 0 Å². The van der Waals surface area contributed by atoms with Crippen LogP contribution in [-0.2, 0) is 19.4 Å². The Morgan fingerprint density at radius 2 is 2.00 bits per heavy atom. The molecular weight excluding hydrogens is 384 g/mol. The van der Waals surface area contributed by atoms with Gasteiger partial charge >= 0.3 is 0 Å². The molecule has 1 aromatic carbocycles. The molecule has 152 valence electrons. The largest absolute Gasteiger partial charge is 0.486 e. The molecule has 2 fully saturated rings. The highest BCUT2D eigenvalue weighted by Crippen LogP contribution is 2.36. The molecule has 0 radical (unpaired) electrons. The second-order valence-electron chi connectivity index (χ2n) is 7.41. The predicted octanol–water partition coefficient (Wildman–Crippen LogP) is 0.846. The monoisotopic (exact) mass is 408 g/mol. The Morgan fingerprint density at radius 3 is 2.68 bits per heavy atom. The highest BCUT2D eigenvalue weighted by molar-refractivity contribution is 7.91. The lowest BCUT2D eigenvalue weighted by molar-refractivity contribution is -0.137. The third-order valence-electron chi connectivity index (χ3n) is 5.58. The number of carbonyl (C=O) groups is 2. The van der Waals surface area contributed by atoms with E-state index >= 15 is 0 Å². The first-order valence-electron chi connectivity index (χ1n) is 9.59. The normalized spacial score (nSPS) is 25.8. The van der Waals surface area contributed by atoms with E-state index in [9.17, 15) is 18.0 Å². The Labute approximate surface area is 164 Å². The zero-order valence-electron chi connectivity index (χ0n) is 15.8. The molecule has 2 amide bonds. The van der Waals surface area contributed by atoms with E-state index in [-0.39, 0.29) is 42.3 Å². The molecule has 0 bridgehead atoms. The number of rotatable bonds is 4. The van der Waals surface area contributed by atoms with Crippen molar-refractivity contribution in [2.45, 2.75) is 25.8 Å². The first kappa shape index (κ1) is 19.0. The van der Waals surface area contributed by atoms with E-state index in [4.69, 9.17) is 9.47 Å². The van der Waals surface area contributed by atoms with Crippen LogP contribution in [0.5, 0.6) is 11.5 Å². The van der Waals surface area contributed by atoms with Gasteiger partial charge in [-0.25, -0.2) is 8.42 Å². The summed E-state index contributed by atoms with van der Waals surface area (Å²) in [7, 11) is -3.08. The third kappa shape index (κ3) is 3.55. The van der Waals surface area contributed by atoms with Crippen molar-refractivity contribution >= 4 is 27.3 Å². The first-order chi connectivity index (χ1) is 13.4. The van der Waals surface area contributed by atoms with Crippen molar-refractivity contribution in [2.75, 3.05) is 42.7 Å². The van der Waals surface area contributed by atoms with Gasteiger partial charge in [0, 0.05) is 37.3 Å². The van der Waals surface area contributed by atoms with Crippen molar-refractivity contribution in [3.8, 4) is 11.5 Å². The number of sulfone groups is 1. The Morgan fingerprint density at radius 1 is 1.25 bits per heavy atom. The number of benzene rings is 1. The molecule has 0 aliphatic carbocycles. The molecule has 0 unspecified atom stereocenters. The number of ether oxygens (including phenoxy) is 2. The van der Waals surface area contributed by atoms with E-state index in [1.807, 2.05) is 6.92 Å². The Balaban J connectivity index is 1.49. The van der Waals surface area contributed by atoms with Gasteiger partial charge in [-0.15, -0.1) is 0 Å². The number of hydrogen-bond acceptors (Lipinski definition) is 6. The number of nitrogens with zero attached hydrogens (tertiary/aromatic N) is 2. The van der Waals surface area contributed by atoms with Crippen LogP contribution in [0.3, 0.4) is 0 Å². The topological polar surface area (TPSA) is 93.2 Å². The van der Waals surface area contributed by atoms with Crippen molar-refractivity contribution in [1.29, 1.82) is 0 Å². The minimum absolute atomic E-state index is 0.0130. The molecule has 1 aromatic rings. The second-order valence-corrected chi connectivity index (χ2v) is 9.64. The second kappa shape index (κ2) is 7.27. The summed E-state index contributed by atoms with van der Waals surface area (Å²) in [6.07, 6.45) is 0.595. The number of amides is 2. The van der Waals surface area contributed by atoms with Crippen LogP contribution in [0.25, 0.3) is 0 Å². The maximum absolute atomic E-state index is 13.0. The van der Waals surface area contributed by atoms with E-state index in [1.165, 1.54) is 0 Å².